The molecule has 1 aromatic carbocycles. The maximum atomic E-state index is 12.9. The lowest BCUT2D eigenvalue weighted by atomic mass is 9.95. The highest BCUT2D eigenvalue weighted by Crippen LogP contribution is 2.32. The van der Waals surface area contributed by atoms with Crippen molar-refractivity contribution in [3.63, 3.8) is 0 Å². The molecule has 0 saturated carbocycles. The molecule has 0 spiro atoms. The third-order valence-corrected chi connectivity index (χ3v) is 4.96. The maximum Gasteiger partial charge on any atom is 0.254 e. The molecule has 1 N–H and O–H groups in total. The van der Waals surface area contributed by atoms with Gasteiger partial charge in [0, 0.05) is 24.3 Å². The van der Waals surface area contributed by atoms with Crippen LogP contribution in [0, 0.1) is 0 Å². The van der Waals surface area contributed by atoms with Gasteiger partial charge in [0.05, 0.1) is 6.04 Å². The van der Waals surface area contributed by atoms with Crippen molar-refractivity contribution in [1.29, 1.82) is 0 Å². The summed E-state index contributed by atoms with van der Waals surface area (Å²) in [6.45, 7) is 5.11. The minimum Gasteiger partial charge on any atom is -0.368 e. The van der Waals surface area contributed by atoms with Crippen molar-refractivity contribution in [2.45, 2.75) is 51.6 Å². The van der Waals surface area contributed by atoms with Gasteiger partial charge in [0.25, 0.3) is 5.91 Å². The number of amides is 1. The Hall–Kier alpha value is -2.36. The van der Waals surface area contributed by atoms with Crippen LogP contribution in [0.1, 0.15) is 61.5 Å². The van der Waals surface area contributed by atoms with E-state index in [1.807, 2.05) is 47.5 Å². The molecule has 2 heterocycles. The fourth-order valence-electron chi connectivity index (χ4n) is 3.31. The molecule has 1 amide bonds. The normalized spacial score (nSPS) is 18.6. The van der Waals surface area contributed by atoms with Crippen molar-refractivity contribution < 1.29 is 4.79 Å². The molecular weight excluding hydrogens is 310 g/mol. The largest absolute Gasteiger partial charge is 0.368 e. The first-order chi connectivity index (χ1) is 12.2. The van der Waals surface area contributed by atoms with Crippen molar-refractivity contribution in [3.05, 3.63) is 59.8 Å². The van der Waals surface area contributed by atoms with E-state index >= 15 is 0 Å². The Morgan fingerprint density at radius 3 is 2.72 bits per heavy atom. The molecule has 1 aliphatic rings. The van der Waals surface area contributed by atoms with Gasteiger partial charge in [-0.3, -0.25) is 4.79 Å². The first-order valence-corrected chi connectivity index (χ1v) is 9.27. The predicted molar refractivity (Wildman–Crippen MR) is 102 cm³/mol. The second-order valence-electron chi connectivity index (χ2n) is 6.81. The Balaban J connectivity index is 1.78. The van der Waals surface area contributed by atoms with Gasteiger partial charge in [-0.25, -0.2) is 4.98 Å². The van der Waals surface area contributed by atoms with Gasteiger partial charge in [0.15, 0.2) is 0 Å². The highest BCUT2D eigenvalue weighted by Gasteiger charge is 2.28. The van der Waals surface area contributed by atoms with Gasteiger partial charge in [-0.2, -0.15) is 0 Å². The zero-order valence-corrected chi connectivity index (χ0v) is 15.1. The molecule has 2 atom stereocenters. The molecule has 1 saturated heterocycles. The lowest BCUT2D eigenvalue weighted by Gasteiger charge is -2.36. The highest BCUT2D eigenvalue weighted by atomic mass is 16.2. The summed E-state index contributed by atoms with van der Waals surface area (Å²) in [6.07, 6.45) is 6.20. The topological polar surface area (TPSA) is 45.2 Å². The Bertz CT molecular complexity index is 684. The molecular formula is C21H27N3O. The fraction of sp³-hybridized carbons (Fsp3) is 0.429. The van der Waals surface area contributed by atoms with E-state index in [2.05, 4.69) is 30.2 Å². The van der Waals surface area contributed by atoms with Crippen LogP contribution in [0.4, 0.5) is 5.82 Å². The number of likely N-dealkylation sites (tertiary alicyclic amines) is 1. The van der Waals surface area contributed by atoms with Crippen LogP contribution >= 0.6 is 0 Å². The summed E-state index contributed by atoms with van der Waals surface area (Å²) >= 11 is 0. The number of pyridine rings is 1. The first-order valence-electron chi connectivity index (χ1n) is 9.27. The summed E-state index contributed by atoms with van der Waals surface area (Å²) in [7, 11) is 0. The molecule has 4 heteroatoms. The van der Waals surface area contributed by atoms with Crippen LogP contribution in [-0.4, -0.2) is 28.4 Å². The number of carbonyl (C=O) groups excluding carboxylic acids is 1. The molecule has 0 bridgehead atoms. The summed E-state index contributed by atoms with van der Waals surface area (Å²) in [5, 5.41) is 3.39. The summed E-state index contributed by atoms with van der Waals surface area (Å²) in [4.78, 5) is 19.5. The van der Waals surface area contributed by atoms with Gasteiger partial charge >= 0.3 is 0 Å². The quantitative estimate of drug-likeness (QED) is 0.863. The number of hydrogen-bond acceptors (Lipinski definition) is 3. The van der Waals surface area contributed by atoms with Gasteiger partial charge in [-0.15, -0.1) is 0 Å². The predicted octanol–water partition coefficient (Wildman–Crippen LogP) is 4.66. The third kappa shape index (κ3) is 4.19. The number of rotatable bonds is 5. The van der Waals surface area contributed by atoms with E-state index in [4.69, 9.17) is 0 Å². The molecule has 0 aliphatic carbocycles. The lowest BCUT2D eigenvalue weighted by molar-refractivity contribution is 0.0611. The number of anilines is 1. The van der Waals surface area contributed by atoms with Crippen LogP contribution in [0.15, 0.2) is 48.7 Å². The minimum atomic E-state index is 0.117. The number of hydrogen-bond donors (Lipinski definition) is 1. The molecule has 1 aliphatic heterocycles. The minimum absolute atomic E-state index is 0.117. The smallest absolute Gasteiger partial charge is 0.254 e. The Morgan fingerprint density at radius 1 is 1.24 bits per heavy atom. The standard InChI is InChI=1S/C21H27N3O/c1-3-16(2)23-20-13-12-18(15-22-20)19-11-7-8-14-24(19)21(25)17-9-5-4-6-10-17/h4-6,9-10,12-13,15-16,19H,3,7-8,11,14H2,1-2H3,(H,22,23)/t16-,19-/m1/s1. The van der Waals surface area contributed by atoms with Gasteiger partial charge in [-0.05, 0) is 56.4 Å². The van der Waals surface area contributed by atoms with Crippen LogP contribution in [-0.2, 0) is 0 Å². The lowest BCUT2D eigenvalue weighted by Crippen LogP contribution is -2.38. The Labute approximate surface area is 150 Å². The van der Waals surface area contributed by atoms with Crippen molar-refractivity contribution in [2.75, 3.05) is 11.9 Å². The van der Waals surface area contributed by atoms with Crippen LogP contribution in [0.5, 0.6) is 0 Å². The summed E-state index contributed by atoms with van der Waals surface area (Å²) in [6, 6.07) is 14.2. The molecule has 25 heavy (non-hydrogen) atoms. The number of aromatic nitrogens is 1. The summed E-state index contributed by atoms with van der Waals surface area (Å²) < 4.78 is 0. The van der Waals surface area contributed by atoms with E-state index < -0.39 is 0 Å². The fourth-order valence-corrected chi connectivity index (χ4v) is 3.31. The van der Waals surface area contributed by atoms with Gasteiger partial charge in [-0.1, -0.05) is 31.2 Å². The molecule has 0 radical (unpaired) electrons. The first kappa shape index (κ1) is 17.5. The third-order valence-electron chi connectivity index (χ3n) is 4.96. The van der Waals surface area contributed by atoms with Crippen molar-refractivity contribution in [2.24, 2.45) is 0 Å². The van der Waals surface area contributed by atoms with Crippen LogP contribution in [0.25, 0.3) is 0 Å². The van der Waals surface area contributed by atoms with E-state index in [-0.39, 0.29) is 11.9 Å². The van der Waals surface area contributed by atoms with Crippen molar-refractivity contribution in [1.82, 2.24) is 9.88 Å². The zero-order chi connectivity index (χ0) is 17.6. The molecule has 3 rings (SSSR count). The average molecular weight is 337 g/mol. The summed E-state index contributed by atoms with van der Waals surface area (Å²) in [5.74, 6) is 1.02. The number of nitrogens with one attached hydrogen (secondary N) is 1. The van der Waals surface area contributed by atoms with Gasteiger partial charge < -0.3 is 10.2 Å². The second kappa shape index (κ2) is 8.15. The van der Waals surface area contributed by atoms with E-state index in [0.717, 1.165) is 49.2 Å². The van der Waals surface area contributed by atoms with E-state index in [1.54, 1.807) is 0 Å². The highest BCUT2D eigenvalue weighted by molar-refractivity contribution is 5.94. The Kier molecular flexibility index (Phi) is 5.69. The molecule has 1 aromatic heterocycles. The van der Waals surface area contributed by atoms with E-state index in [1.165, 1.54) is 0 Å². The number of nitrogens with zero attached hydrogens (tertiary/aromatic N) is 2. The van der Waals surface area contributed by atoms with Crippen LogP contribution in [0.2, 0.25) is 0 Å². The van der Waals surface area contributed by atoms with Crippen LogP contribution in [0.3, 0.4) is 0 Å². The zero-order valence-electron chi connectivity index (χ0n) is 15.1. The van der Waals surface area contributed by atoms with Gasteiger partial charge in [0.2, 0.25) is 0 Å². The number of benzene rings is 1. The molecule has 0 unspecified atom stereocenters. The molecule has 1 fully saturated rings. The molecule has 4 nitrogen and oxygen atoms in total. The Morgan fingerprint density at radius 2 is 2.04 bits per heavy atom. The molecule has 2 aromatic rings. The second-order valence-corrected chi connectivity index (χ2v) is 6.81. The number of carbonyl (C=O) groups is 1. The van der Waals surface area contributed by atoms with Crippen molar-refractivity contribution in [3.8, 4) is 0 Å². The summed E-state index contributed by atoms with van der Waals surface area (Å²) in [5.41, 5.74) is 1.89. The van der Waals surface area contributed by atoms with E-state index in [0.29, 0.717) is 6.04 Å². The van der Waals surface area contributed by atoms with Crippen molar-refractivity contribution >= 4 is 11.7 Å². The average Bonchev–Trinajstić information content (AvgIpc) is 2.68. The van der Waals surface area contributed by atoms with Crippen LogP contribution < -0.4 is 5.32 Å². The van der Waals surface area contributed by atoms with Gasteiger partial charge in [0.1, 0.15) is 5.82 Å². The molecule has 132 valence electrons. The maximum absolute atomic E-state index is 12.9. The van der Waals surface area contributed by atoms with E-state index in [9.17, 15) is 4.79 Å². The number of piperidine rings is 1. The monoisotopic (exact) mass is 337 g/mol. The SMILES string of the molecule is CC[C@@H](C)Nc1ccc([C@H]2CCCCN2C(=O)c2ccccc2)cn1.